The summed E-state index contributed by atoms with van der Waals surface area (Å²) in [6.07, 6.45) is 5.40. The quantitative estimate of drug-likeness (QED) is 0.835. The van der Waals surface area contributed by atoms with Gasteiger partial charge in [-0.1, -0.05) is 19.3 Å². The van der Waals surface area contributed by atoms with Crippen LogP contribution in [0.2, 0.25) is 0 Å². The highest BCUT2D eigenvalue weighted by Crippen LogP contribution is 2.30. The minimum Gasteiger partial charge on any atom is -0.388 e. The molecular formula is C13H22N2O. The van der Waals surface area contributed by atoms with Gasteiger partial charge in [-0.15, -0.1) is 0 Å². The third kappa shape index (κ3) is 2.14. The van der Waals surface area contributed by atoms with Crippen LogP contribution < -0.4 is 0 Å². The van der Waals surface area contributed by atoms with E-state index in [0.29, 0.717) is 6.54 Å². The first-order chi connectivity index (χ1) is 7.52. The first-order valence-corrected chi connectivity index (χ1v) is 6.25. The van der Waals surface area contributed by atoms with Crippen molar-refractivity contribution in [2.75, 3.05) is 0 Å². The molecule has 0 bridgehead atoms. The molecule has 1 aromatic rings. The fourth-order valence-corrected chi connectivity index (χ4v) is 2.59. The van der Waals surface area contributed by atoms with Gasteiger partial charge in [-0.2, -0.15) is 5.10 Å². The number of hydrogen-bond acceptors (Lipinski definition) is 2. The Bertz CT molecular complexity index is 376. The fraction of sp³-hybridized carbons (Fsp3) is 0.769. The summed E-state index contributed by atoms with van der Waals surface area (Å²) in [7, 11) is 0. The van der Waals surface area contributed by atoms with E-state index >= 15 is 0 Å². The average Bonchev–Trinajstić information content (AvgIpc) is 2.47. The van der Waals surface area contributed by atoms with Crippen molar-refractivity contribution < 1.29 is 5.11 Å². The second kappa shape index (κ2) is 4.21. The molecule has 2 rings (SSSR count). The number of aliphatic hydroxyl groups is 1. The monoisotopic (exact) mass is 222 g/mol. The van der Waals surface area contributed by atoms with Gasteiger partial charge in [0.15, 0.2) is 0 Å². The molecule has 0 aliphatic heterocycles. The van der Waals surface area contributed by atoms with Gasteiger partial charge in [0.1, 0.15) is 0 Å². The molecule has 1 fully saturated rings. The topological polar surface area (TPSA) is 38.0 Å². The van der Waals surface area contributed by atoms with Crippen LogP contribution >= 0.6 is 0 Å². The van der Waals surface area contributed by atoms with Crippen LogP contribution in [0.1, 0.15) is 49.1 Å². The van der Waals surface area contributed by atoms with Gasteiger partial charge in [0.2, 0.25) is 0 Å². The molecular weight excluding hydrogens is 200 g/mol. The van der Waals surface area contributed by atoms with Crippen LogP contribution in [0.15, 0.2) is 0 Å². The first kappa shape index (κ1) is 11.6. The molecule has 3 nitrogen and oxygen atoms in total. The van der Waals surface area contributed by atoms with Crippen molar-refractivity contribution in [3.05, 3.63) is 17.0 Å². The molecule has 0 atom stereocenters. The molecule has 3 heteroatoms. The maximum atomic E-state index is 10.5. The number of aryl methyl sites for hydroxylation is 1. The lowest BCUT2D eigenvalue weighted by molar-refractivity contribution is -0.0148. The Labute approximate surface area is 97.5 Å². The molecule has 0 aromatic carbocycles. The van der Waals surface area contributed by atoms with Crippen LogP contribution in [0, 0.1) is 20.8 Å². The molecule has 90 valence electrons. The number of aromatic nitrogens is 2. The fourth-order valence-electron chi connectivity index (χ4n) is 2.59. The molecule has 1 saturated carbocycles. The van der Waals surface area contributed by atoms with Gasteiger partial charge >= 0.3 is 0 Å². The minimum atomic E-state index is -0.520. The van der Waals surface area contributed by atoms with Gasteiger partial charge in [-0.3, -0.25) is 4.68 Å². The molecule has 1 N–H and O–H groups in total. The van der Waals surface area contributed by atoms with Crippen molar-refractivity contribution in [3.8, 4) is 0 Å². The Morgan fingerprint density at radius 3 is 2.31 bits per heavy atom. The van der Waals surface area contributed by atoms with E-state index in [1.807, 2.05) is 11.6 Å². The lowest BCUT2D eigenvalue weighted by Crippen LogP contribution is -2.37. The largest absolute Gasteiger partial charge is 0.388 e. The summed E-state index contributed by atoms with van der Waals surface area (Å²) in [6.45, 7) is 6.87. The minimum absolute atomic E-state index is 0.520. The number of nitrogens with zero attached hydrogens (tertiary/aromatic N) is 2. The van der Waals surface area contributed by atoms with Crippen LogP contribution in [0.4, 0.5) is 0 Å². The van der Waals surface area contributed by atoms with Crippen molar-refractivity contribution >= 4 is 0 Å². The first-order valence-electron chi connectivity index (χ1n) is 6.25. The van der Waals surface area contributed by atoms with Crippen LogP contribution in [0.25, 0.3) is 0 Å². The number of hydrogen-bond donors (Lipinski definition) is 1. The summed E-state index contributed by atoms with van der Waals surface area (Å²) in [5.41, 5.74) is 3.00. The van der Waals surface area contributed by atoms with E-state index in [1.165, 1.54) is 17.7 Å². The predicted molar refractivity (Wildman–Crippen MR) is 64.5 cm³/mol. The van der Waals surface area contributed by atoms with Crippen LogP contribution in [-0.4, -0.2) is 20.5 Å². The highest BCUT2D eigenvalue weighted by Gasteiger charge is 2.30. The molecule has 0 radical (unpaired) electrons. The van der Waals surface area contributed by atoms with E-state index < -0.39 is 5.60 Å². The lowest BCUT2D eigenvalue weighted by Gasteiger charge is -2.32. The van der Waals surface area contributed by atoms with E-state index in [9.17, 15) is 5.11 Å². The summed E-state index contributed by atoms with van der Waals surface area (Å²) in [4.78, 5) is 0. The highest BCUT2D eigenvalue weighted by atomic mass is 16.3. The van der Waals surface area contributed by atoms with Gasteiger partial charge in [0.25, 0.3) is 0 Å². The molecule has 0 saturated heterocycles. The highest BCUT2D eigenvalue weighted by molar-refractivity contribution is 5.22. The molecule has 1 heterocycles. The molecule has 16 heavy (non-hydrogen) atoms. The van der Waals surface area contributed by atoms with Gasteiger partial charge < -0.3 is 5.11 Å². The normalized spacial score (nSPS) is 20.0. The van der Waals surface area contributed by atoms with Crippen LogP contribution in [-0.2, 0) is 6.54 Å². The summed E-state index contributed by atoms with van der Waals surface area (Å²) in [5, 5.41) is 15.0. The standard InChI is InChI=1S/C13H22N2O/c1-10-11(2)14-15(12(10)3)9-13(16)7-5-4-6-8-13/h16H,4-9H2,1-3H3. The van der Waals surface area contributed by atoms with Gasteiger partial charge in [-0.25, -0.2) is 0 Å². The second-order valence-corrected chi connectivity index (χ2v) is 5.24. The average molecular weight is 222 g/mol. The van der Waals surface area contributed by atoms with Crippen molar-refractivity contribution in [2.45, 2.75) is 65.0 Å². The van der Waals surface area contributed by atoms with E-state index in [2.05, 4.69) is 18.9 Å². The van der Waals surface area contributed by atoms with Crippen molar-refractivity contribution in [2.24, 2.45) is 0 Å². The molecule has 0 spiro atoms. The summed E-state index contributed by atoms with van der Waals surface area (Å²) < 4.78 is 1.98. The lowest BCUT2D eigenvalue weighted by atomic mass is 9.85. The second-order valence-electron chi connectivity index (χ2n) is 5.24. The Kier molecular flexibility index (Phi) is 3.06. The SMILES string of the molecule is Cc1nn(CC2(O)CCCCC2)c(C)c1C. The molecule has 1 aliphatic rings. The van der Waals surface area contributed by atoms with Crippen molar-refractivity contribution in [1.82, 2.24) is 9.78 Å². The molecule has 1 aromatic heterocycles. The summed E-state index contributed by atoms with van der Waals surface area (Å²) in [6, 6.07) is 0. The predicted octanol–water partition coefficient (Wildman–Crippen LogP) is 2.50. The van der Waals surface area contributed by atoms with Crippen LogP contribution in [0.3, 0.4) is 0 Å². The third-order valence-corrected chi connectivity index (χ3v) is 3.97. The van der Waals surface area contributed by atoms with Gasteiger partial charge in [-0.05, 0) is 39.2 Å². The van der Waals surface area contributed by atoms with Crippen molar-refractivity contribution in [1.29, 1.82) is 0 Å². The smallest absolute Gasteiger partial charge is 0.0842 e. The Morgan fingerprint density at radius 1 is 1.19 bits per heavy atom. The maximum Gasteiger partial charge on any atom is 0.0842 e. The molecule has 0 unspecified atom stereocenters. The third-order valence-electron chi connectivity index (χ3n) is 3.97. The zero-order valence-electron chi connectivity index (χ0n) is 10.6. The van der Waals surface area contributed by atoms with E-state index in [-0.39, 0.29) is 0 Å². The van der Waals surface area contributed by atoms with Gasteiger partial charge in [0, 0.05) is 5.69 Å². The van der Waals surface area contributed by atoms with Crippen LogP contribution in [0.5, 0.6) is 0 Å². The summed E-state index contributed by atoms with van der Waals surface area (Å²) >= 11 is 0. The molecule has 0 amide bonds. The van der Waals surface area contributed by atoms with E-state index in [0.717, 1.165) is 31.4 Å². The maximum absolute atomic E-state index is 10.5. The number of rotatable bonds is 2. The summed E-state index contributed by atoms with van der Waals surface area (Å²) in [5.74, 6) is 0. The van der Waals surface area contributed by atoms with Crippen molar-refractivity contribution in [3.63, 3.8) is 0 Å². The Morgan fingerprint density at radius 2 is 1.81 bits per heavy atom. The molecule has 1 aliphatic carbocycles. The Balaban J connectivity index is 2.16. The van der Waals surface area contributed by atoms with E-state index in [1.54, 1.807) is 0 Å². The Hall–Kier alpha value is -0.830. The van der Waals surface area contributed by atoms with Gasteiger partial charge in [0.05, 0.1) is 17.8 Å². The van der Waals surface area contributed by atoms with E-state index in [4.69, 9.17) is 0 Å². The zero-order chi connectivity index (χ0) is 11.8. The zero-order valence-corrected chi connectivity index (χ0v) is 10.6.